The van der Waals surface area contributed by atoms with Gasteiger partial charge in [0, 0.05) is 12.0 Å². The maximum Gasteiger partial charge on any atom is 0.348 e. The van der Waals surface area contributed by atoms with E-state index in [9.17, 15) is 19.2 Å². The number of carbonyl (C=O) groups excluding carboxylic acids is 3. The second-order valence-corrected chi connectivity index (χ2v) is 10.3. The summed E-state index contributed by atoms with van der Waals surface area (Å²) in [6, 6.07) is 0. The van der Waals surface area contributed by atoms with Crippen LogP contribution < -0.4 is 10.9 Å². The Hall–Kier alpha value is -3.09. The predicted octanol–water partition coefficient (Wildman–Crippen LogP) is 3.33. The van der Waals surface area contributed by atoms with Crippen molar-refractivity contribution in [2.75, 3.05) is 32.2 Å². The molecule has 1 N–H and O–H groups in total. The fourth-order valence-corrected chi connectivity index (χ4v) is 6.47. The molecule has 0 spiro atoms. The molecule has 0 unspecified atom stereocenters. The van der Waals surface area contributed by atoms with Crippen LogP contribution in [0.4, 0.5) is 5.00 Å². The molecule has 192 valence electrons. The average molecular weight is 534 g/mol. The van der Waals surface area contributed by atoms with E-state index in [1.165, 1.54) is 29.3 Å². The van der Waals surface area contributed by atoms with Crippen molar-refractivity contribution in [2.45, 2.75) is 46.1 Å². The number of hydrogen-bond acceptors (Lipinski definition) is 10. The molecule has 3 aromatic rings. The van der Waals surface area contributed by atoms with Crippen LogP contribution in [0.5, 0.6) is 0 Å². The van der Waals surface area contributed by atoms with E-state index < -0.39 is 23.4 Å². The van der Waals surface area contributed by atoms with E-state index in [1.54, 1.807) is 13.8 Å². The number of amides is 1. The molecule has 0 saturated heterocycles. The van der Waals surface area contributed by atoms with Gasteiger partial charge in [-0.25, -0.2) is 14.6 Å². The van der Waals surface area contributed by atoms with Crippen molar-refractivity contribution in [1.29, 1.82) is 0 Å². The van der Waals surface area contributed by atoms with Crippen LogP contribution in [-0.2, 0) is 38.4 Å². The summed E-state index contributed by atoms with van der Waals surface area (Å²) in [4.78, 5) is 57.2. The quantitative estimate of drug-likeness (QED) is 0.328. The summed E-state index contributed by atoms with van der Waals surface area (Å²) in [6.45, 7) is 3.69. The molecule has 10 nitrogen and oxygen atoms in total. The fourth-order valence-electron chi connectivity index (χ4n) is 4.14. The third-order valence-electron chi connectivity index (χ3n) is 5.84. The van der Waals surface area contributed by atoms with Crippen LogP contribution in [0.1, 0.15) is 55.8 Å². The fraction of sp³-hybridized carbons (Fsp3) is 0.458. The molecule has 0 aliphatic heterocycles. The minimum absolute atomic E-state index is 0.0980. The third-order valence-corrected chi connectivity index (χ3v) is 8.23. The molecule has 0 bridgehead atoms. The van der Waals surface area contributed by atoms with Crippen LogP contribution in [0.2, 0.25) is 0 Å². The number of nitrogens with one attached hydrogen (secondary N) is 1. The summed E-state index contributed by atoms with van der Waals surface area (Å²) < 4.78 is 16.5. The number of ether oxygens (including phenoxy) is 3. The van der Waals surface area contributed by atoms with Gasteiger partial charge in [-0.05, 0) is 50.7 Å². The second-order valence-electron chi connectivity index (χ2n) is 8.23. The minimum Gasteiger partial charge on any atom is -0.462 e. The first kappa shape index (κ1) is 26.0. The summed E-state index contributed by atoms with van der Waals surface area (Å²) in [5.74, 6) is -1.47. The van der Waals surface area contributed by atoms with E-state index in [2.05, 4.69) is 10.3 Å². The highest BCUT2D eigenvalue weighted by atomic mass is 32.1. The molecule has 4 rings (SSSR count). The Balaban J connectivity index is 1.57. The zero-order chi connectivity index (χ0) is 25.8. The van der Waals surface area contributed by atoms with Crippen LogP contribution in [-0.4, -0.2) is 54.3 Å². The number of hydrogen-bond donors (Lipinski definition) is 1. The number of fused-ring (bicyclic) bond motifs is 2. The largest absolute Gasteiger partial charge is 0.462 e. The smallest absolute Gasteiger partial charge is 0.348 e. The van der Waals surface area contributed by atoms with Crippen LogP contribution >= 0.6 is 22.7 Å². The van der Waals surface area contributed by atoms with Gasteiger partial charge in [0.05, 0.1) is 30.5 Å². The van der Waals surface area contributed by atoms with E-state index in [0.29, 0.717) is 21.0 Å². The van der Waals surface area contributed by atoms with E-state index in [-0.39, 0.29) is 36.6 Å². The first-order valence-corrected chi connectivity index (χ1v) is 13.2. The van der Waals surface area contributed by atoms with Gasteiger partial charge in [0.2, 0.25) is 5.91 Å². The number of thiophene rings is 2. The number of methoxy groups -OCH3 is 1. The Morgan fingerprint density at radius 1 is 1.11 bits per heavy atom. The van der Waals surface area contributed by atoms with Gasteiger partial charge in [-0.1, -0.05) is 0 Å². The van der Waals surface area contributed by atoms with E-state index in [4.69, 9.17) is 14.2 Å². The lowest BCUT2D eigenvalue weighted by atomic mass is 9.95. The number of aryl methyl sites for hydroxylation is 2. The number of rotatable bonds is 9. The zero-order valence-electron chi connectivity index (χ0n) is 20.3. The molecule has 1 aliphatic rings. The molecule has 12 heteroatoms. The normalized spacial score (nSPS) is 12.9. The Kier molecular flexibility index (Phi) is 8.17. The summed E-state index contributed by atoms with van der Waals surface area (Å²) in [5.41, 5.74) is 1.38. The lowest BCUT2D eigenvalue weighted by Crippen LogP contribution is -2.28. The molecule has 0 atom stereocenters. The van der Waals surface area contributed by atoms with Crippen LogP contribution in [0.3, 0.4) is 0 Å². The van der Waals surface area contributed by atoms with Crippen molar-refractivity contribution >= 4 is 55.7 Å². The summed E-state index contributed by atoms with van der Waals surface area (Å²) in [7, 11) is 1.51. The van der Waals surface area contributed by atoms with Crippen LogP contribution in [0.15, 0.2) is 11.1 Å². The zero-order valence-corrected chi connectivity index (χ0v) is 21.9. The number of esters is 2. The predicted molar refractivity (Wildman–Crippen MR) is 136 cm³/mol. The monoisotopic (exact) mass is 533 g/mol. The van der Waals surface area contributed by atoms with Gasteiger partial charge in [0.1, 0.15) is 27.9 Å². The minimum atomic E-state index is -0.551. The van der Waals surface area contributed by atoms with Gasteiger partial charge >= 0.3 is 11.9 Å². The molecule has 36 heavy (non-hydrogen) atoms. The molecular formula is C24H27N3O7S2. The summed E-state index contributed by atoms with van der Waals surface area (Å²) in [6.07, 6.45) is 4.92. The molecular weight excluding hydrogens is 506 g/mol. The first-order chi connectivity index (χ1) is 17.3. The molecule has 0 radical (unpaired) electrons. The second kappa shape index (κ2) is 11.3. The van der Waals surface area contributed by atoms with Gasteiger partial charge in [0.15, 0.2) is 0 Å². The molecule has 0 saturated carbocycles. The highest BCUT2D eigenvalue weighted by Gasteiger charge is 2.27. The standard InChI is InChI=1S/C24H27N3O7S2/c1-4-33-23(30)18-14-7-5-6-8-15(14)35-21(18)26-16(28)11-27-12-25-20-17(22(27)29)13(2)19(36-20)24(31)34-10-9-32-3/h12H,4-11H2,1-3H3,(H,26,28). The summed E-state index contributed by atoms with van der Waals surface area (Å²) >= 11 is 2.45. The maximum atomic E-state index is 13.2. The van der Waals surface area contributed by atoms with Crippen molar-refractivity contribution in [3.63, 3.8) is 0 Å². The first-order valence-electron chi connectivity index (χ1n) is 11.6. The van der Waals surface area contributed by atoms with E-state index in [1.807, 2.05) is 0 Å². The number of carbonyl (C=O) groups is 3. The van der Waals surface area contributed by atoms with Gasteiger partial charge in [-0.3, -0.25) is 14.2 Å². The highest BCUT2D eigenvalue weighted by Crippen LogP contribution is 2.38. The number of anilines is 1. The third kappa shape index (κ3) is 5.20. The average Bonchev–Trinajstić information content (AvgIpc) is 3.38. The molecule has 3 heterocycles. The Morgan fingerprint density at radius 3 is 2.64 bits per heavy atom. The maximum absolute atomic E-state index is 13.2. The van der Waals surface area contributed by atoms with E-state index in [0.717, 1.165) is 47.5 Å². The summed E-state index contributed by atoms with van der Waals surface area (Å²) in [5, 5.41) is 3.52. The van der Waals surface area contributed by atoms with Gasteiger partial charge in [-0.2, -0.15) is 0 Å². The Bertz CT molecular complexity index is 1370. The molecule has 1 aliphatic carbocycles. The molecule has 3 aromatic heterocycles. The van der Waals surface area contributed by atoms with Gasteiger partial charge < -0.3 is 19.5 Å². The van der Waals surface area contributed by atoms with Crippen molar-refractivity contribution < 1.29 is 28.6 Å². The number of aromatic nitrogens is 2. The van der Waals surface area contributed by atoms with Crippen LogP contribution in [0, 0.1) is 6.92 Å². The molecule has 0 aromatic carbocycles. The SMILES string of the molecule is CCOC(=O)c1c(NC(=O)Cn2cnc3sc(C(=O)OCCOC)c(C)c3c2=O)sc2c1CCCC2. The molecule has 1 amide bonds. The van der Waals surface area contributed by atoms with Crippen molar-refractivity contribution in [2.24, 2.45) is 0 Å². The Labute approximate surface area is 215 Å². The van der Waals surface area contributed by atoms with Gasteiger partial charge in [0.25, 0.3) is 5.56 Å². The van der Waals surface area contributed by atoms with Crippen molar-refractivity contribution in [3.05, 3.63) is 43.1 Å². The lowest BCUT2D eigenvalue weighted by Gasteiger charge is -2.12. The van der Waals surface area contributed by atoms with Crippen LogP contribution in [0.25, 0.3) is 10.2 Å². The topological polar surface area (TPSA) is 126 Å². The Morgan fingerprint density at radius 2 is 1.89 bits per heavy atom. The molecule has 0 fully saturated rings. The van der Waals surface area contributed by atoms with Crippen molar-refractivity contribution in [1.82, 2.24) is 9.55 Å². The lowest BCUT2D eigenvalue weighted by molar-refractivity contribution is -0.116. The highest BCUT2D eigenvalue weighted by molar-refractivity contribution is 7.20. The van der Waals surface area contributed by atoms with E-state index >= 15 is 0 Å². The number of nitrogens with zero attached hydrogens (tertiary/aromatic N) is 2. The van der Waals surface area contributed by atoms with Crippen molar-refractivity contribution in [3.8, 4) is 0 Å². The van der Waals surface area contributed by atoms with Gasteiger partial charge in [-0.15, -0.1) is 22.7 Å².